The maximum absolute atomic E-state index is 12.2. The third-order valence-corrected chi connectivity index (χ3v) is 6.76. The summed E-state index contributed by atoms with van der Waals surface area (Å²) in [6.45, 7) is 4.69. The van der Waals surface area contributed by atoms with Crippen molar-refractivity contribution in [2.75, 3.05) is 18.1 Å². The summed E-state index contributed by atoms with van der Waals surface area (Å²) in [7, 11) is -2.80. The van der Waals surface area contributed by atoms with Gasteiger partial charge in [0.05, 0.1) is 11.5 Å². The van der Waals surface area contributed by atoms with Crippen LogP contribution in [0.25, 0.3) is 0 Å². The Bertz CT molecular complexity index is 668. The van der Waals surface area contributed by atoms with Crippen molar-refractivity contribution >= 4 is 27.3 Å². The molecule has 1 aromatic carbocycles. The molecule has 0 radical (unpaired) electrons. The van der Waals surface area contributed by atoms with Crippen LogP contribution in [0.5, 0.6) is 0 Å². The van der Waals surface area contributed by atoms with E-state index in [0.29, 0.717) is 29.5 Å². The molecule has 0 aromatic heterocycles. The highest BCUT2D eigenvalue weighted by Crippen LogP contribution is 2.28. The van der Waals surface area contributed by atoms with Crippen molar-refractivity contribution in [2.24, 2.45) is 5.92 Å². The number of halogens is 1. The van der Waals surface area contributed by atoms with Gasteiger partial charge in [0.1, 0.15) is 0 Å². The number of carbonyl (C=O) groups excluding carboxylic acids is 1. The molecule has 6 heteroatoms. The maximum atomic E-state index is 12.2. The first-order chi connectivity index (χ1) is 11.2. The quantitative estimate of drug-likeness (QED) is 0.747. The van der Waals surface area contributed by atoms with Gasteiger partial charge in [-0.2, -0.15) is 0 Å². The minimum atomic E-state index is -2.80. The summed E-state index contributed by atoms with van der Waals surface area (Å²) in [5, 5.41) is 3.64. The molecule has 2 rings (SSSR count). The molecule has 134 valence electrons. The SMILES string of the molecule is CC(C)(CC(=O)NCCCC1CCS(=O)(=O)C1)c1ccc(Cl)cc1. The van der Waals surface area contributed by atoms with E-state index < -0.39 is 9.84 Å². The van der Waals surface area contributed by atoms with Crippen LogP contribution in [0, 0.1) is 5.92 Å². The average Bonchev–Trinajstić information content (AvgIpc) is 2.83. The van der Waals surface area contributed by atoms with E-state index >= 15 is 0 Å². The summed E-state index contributed by atoms with van der Waals surface area (Å²) in [4.78, 5) is 12.2. The number of amides is 1. The Morgan fingerprint density at radius 2 is 1.96 bits per heavy atom. The van der Waals surface area contributed by atoms with Gasteiger partial charge in [-0.1, -0.05) is 37.6 Å². The van der Waals surface area contributed by atoms with Crippen LogP contribution in [0.15, 0.2) is 24.3 Å². The van der Waals surface area contributed by atoms with E-state index in [1.165, 1.54) is 0 Å². The van der Waals surface area contributed by atoms with Crippen LogP contribution < -0.4 is 5.32 Å². The lowest BCUT2D eigenvalue weighted by Gasteiger charge is -2.24. The molecule has 0 spiro atoms. The fraction of sp³-hybridized carbons (Fsp3) is 0.611. The normalized spacial score (nSPS) is 20.0. The Hall–Kier alpha value is -1.07. The predicted octanol–water partition coefficient (Wildman–Crippen LogP) is 3.34. The zero-order valence-electron chi connectivity index (χ0n) is 14.3. The van der Waals surface area contributed by atoms with Crippen LogP contribution in [0.3, 0.4) is 0 Å². The second kappa shape index (κ2) is 7.87. The smallest absolute Gasteiger partial charge is 0.220 e. The first-order valence-corrected chi connectivity index (χ1v) is 10.6. The minimum absolute atomic E-state index is 0.0222. The highest BCUT2D eigenvalue weighted by atomic mass is 35.5. The fourth-order valence-corrected chi connectivity index (χ4v) is 5.22. The van der Waals surface area contributed by atoms with Crippen molar-refractivity contribution in [3.63, 3.8) is 0 Å². The van der Waals surface area contributed by atoms with E-state index in [2.05, 4.69) is 5.32 Å². The van der Waals surface area contributed by atoms with Gasteiger partial charge in [-0.25, -0.2) is 8.42 Å². The number of sulfone groups is 1. The Kier molecular flexibility index (Phi) is 6.32. The molecule has 1 N–H and O–H groups in total. The van der Waals surface area contributed by atoms with E-state index in [1.807, 2.05) is 38.1 Å². The monoisotopic (exact) mass is 371 g/mol. The first-order valence-electron chi connectivity index (χ1n) is 8.41. The second-order valence-corrected chi connectivity index (χ2v) is 9.99. The van der Waals surface area contributed by atoms with Crippen LogP contribution in [0.2, 0.25) is 5.02 Å². The molecule has 1 aliphatic rings. The van der Waals surface area contributed by atoms with Crippen molar-refractivity contribution < 1.29 is 13.2 Å². The molecule has 24 heavy (non-hydrogen) atoms. The zero-order chi connectivity index (χ0) is 17.8. The Balaban J connectivity index is 1.72. The molecule has 0 saturated carbocycles. The summed E-state index contributed by atoms with van der Waals surface area (Å²) in [5.41, 5.74) is 0.826. The van der Waals surface area contributed by atoms with E-state index in [-0.39, 0.29) is 17.2 Å². The number of nitrogens with one attached hydrogen (secondary N) is 1. The molecule has 1 aliphatic heterocycles. The van der Waals surface area contributed by atoms with Gasteiger partial charge in [-0.3, -0.25) is 4.79 Å². The van der Waals surface area contributed by atoms with Crippen LogP contribution in [0.1, 0.15) is 45.1 Å². The van der Waals surface area contributed by atoms with Crippen molar-refractivity contribution in [1.29, 1.82) is 0 Å². The number of rotatable bonds is 7. The maximum Gasteiger partial charge on any atom is 0.220 e. The zero-order valence-corrected chi connectivity index (χ0v) is 15.9. The standard InChI is InChI=1S/C18H26ClNO3S/c1-18(2,15-5-7-16(19)8-6-15)12-17(21)20-10-3-4-14-9-11-24(22,23)13-14/h5-8,14H,3-4,9-13H2,1-2H3,(H,20,21). The summed E-state index contributed by atoms with van der Waals surface area (Å²) in [5.74, 6) is 0.913. The molecule has 1 heterocycles. The molecule has 4 nitrogen and oxygen atoms in total. The van der Waals surface area contributed by atoms with E-state index in [9.17, 15) is 13.2 Å². The van der Waals surface area contributed by atoms with Gasteiger partial charge in [0.15, 0.2) is 9.84 Å². The van der Waals surface area contributed by atoms with Gasteiger partial charge in [0.2, 0.25) is 5.91 Å². The predicted molar refractivity (Wildman–Crippen MR) is 98.1 cm³/mol. The average molecular weight is 372 g/mol. The Morgan fingerprint density at radius 1 is 1.29 bits per heavy atom. The lowest BCUT2D eigenvalue weighted by Crippen LogP contribution is -2.31. The molecule has 0 bridgehead atoms. The third kappa shape index (κ3) is 5.78. The van der Waals surface area contributed by atoms with Gasteiger partial charge in [0, 0.05) is 18.0 Å². The van der Waals surface area contributed by atoms with E-state index in [0.717, 1.165) is 24.8 Å². The molecule has 1 atom stereocenters. The van der Waals surface area contributed by atoms with Crippen LogP contribution in [0.4, 0.5) is 0 Å². The highest BCUT2D eigenvalue weighted by molar-refractivity contribution is 7.91. The number of hydrogen-bond donors (Lipinski definition) is 1. The third-order valence-electron chi connectivity index (χ3n) is 4.67. The summed E-state index contributed by atoms with van der Waals surface area (Å²) in [6.07, 6.45) is 2.86. The Labute approximate surface area is 149 Å². The van der Waals surface area contributed by atoms with Gasteiger partial charge in [0.25, 0.3) is 0 Å². The minimum Gasteiger partial charge on any atom is -0.356 e. The van der Waals surface area contributed by atoms with Crippen molar-refractivity contribution in [3.05, 3.63) is 34.9 Å². The van der Waals surface area contributed by atoms with Gasteiger partial charge in [-0.05, 0) is 48.3 Å². The fourth-order valence-electron chi connectivity index (χ4n) is 3.19. The molecule has 1 unspecified atom stereocenters. The second-order valence-electron chi connectivity index (χ2n) is 7.33. The molecule has 1 fully saturated rings. The van der Waals surface area contributed by atoms with Gasteiger partial charge < -0.3 is 5.32 Å². The Morgan fingerprint density at radius 3 is 2.54 bits per heavy atom. The van der Waals surface area contributed by atoms with Crippen molar-refractivity contribution in [1.82, 2.24) is 5.32 Å². The molecule has 1 saturated heterocycles. The lowest BCUT2D eigenvalue weighted by molar-refractivity contribution is -0.122. The molecule has 0 aliphatic carbocycles. The topological polar surface area (TPSA) is 63.2 Å². The molecule has 1 aromatic rings. The summed E-state index contributed by atoms with van der Waals surface area (Å²) < 4.78 is 22.8. The first kappa shape index (κ1) is 19.3. The number of carbonyl (C=O) groups is 1. The van der Waals surface area contributed by atoms with Crippen LogP contribution in [-0.4, -0.2) is 32.4 Å². The van der Waals surface area contributed by atoms with Crippen LogP contribution >= 0.6 is 11.6 Å². The van der Waals surface area contributed by atoms with E-state index in [1.54, 1.807) is 0 Å². The largest absolute Gasteiger partial charge is 0.356 e. The lowest BCUT2D eigenvalue weighted by atomic mass is 9.81. The van der Waals surface area contributed by atoms with Crippen molar-refractivity contribution in [3.8, 4) is 0 Å². The van der Waals surface area contributed by atoms with E-state index in [4.69, 9.17) is 11.6 Å². The molecular weight excluding hydrogens is 346 g/mol. The van der Waals surface area contributed by atoms with Gasteiger partial charge in [-0.15, -0.1) is 0 Å². The van der Waals surface area contributed by atoms with Crippen molar-refractivity contribution in [2.45, 2.75) is 44.9 Å². The highest BCUT2D eigenvalue weighted by Gasteiger charge is 2.27. The van der Waals surface area contributed by atoms with Gasteiger partial charge >= 0.3 is 0 Å². The number of hydrogen-bond acceptors (Lipinski definition) is 3. The summed E-state index contributed by atoms with van der Waals surface area (Å²) >= 11 is 5.91. The number of benzene rings is 1. The summed E-state index contributed by atoms with van der Waals surface area (Å²) in [6, 6.07) is 7.59. The molecular formula is C18H26ClNO3S. The molecule has 1 amide bonds. The van der Waals surface area contributed by atoms with Crippen LogP contribution in [-0.2, 0) is 20.0 Å².